The molecule has 0 unspecified atom stereocenters. The topological polar surface area (TPSA) is 66.4 Å². The van der Waals surface area contributed by atoms with Gasteiger partial charge in [0.25, 0.3) is 0 Å². The van der Waals surface area contributed by atoms with Gasteiger partial charge in [-0.15, -0.1) is 11.3 Å². The number of amides is 1. The number of carbonyl (C=O) groups excluding carboxylic acids is 1. The van der Waals surface area contributed by atoms with Crippen molar-refractivity contribution in [3.63, 3.8) is 0 Å². The molecule has 0 spiro atoms. The maximum atomic E-state index is 11.8. The Balaban J connectivity index is 2.34. The highest BCUT2D eigenvalue weighted by atomic mass is 32.1. The predicted octanol–water partition coefficient (Wildman–Crippen LogP) is 4.44. The minimum atomic E-state index is -0.996. The summed E-state index contributed by atoms with van der Waals surface area (Å²) in [5.41, 5.74) is 0.184. The molecule has 0 bridgehead atoms. The first-order chi connectivity index (χ1) is 9.54. The molecule has 20 heavy (non-hydrogen) atoms. The molecule has 0 aliphatic rings. The third-order valence-electron chi connectivity index (χ3n) is 3.10. The van der Waals surface area contributed by atoms with Gasteiger partial charge in [-0.05, 0) is 19.4 Å². The number of aromatic carboxylic acids is 1. The SMILES string of the molecule is CCCCCCCCC(=O)Nc1sc(C)cc1C(=O)O. The standard InChI is InChI=1S/C15H23NO3S/c1-3-4-5-6-7-8-9-13(17)16-14-12(15(18)19)10-11(2)20-14/h10H,3-9H2,1-2H3,(H,16,17)(H,18,19). The van der Waals surface area contributed by atoms with Gasteiger partial charge in [-0.2, -0.15) is 0 Å². The normalized spacial score (nSPS) is 10.5. The van der Waals surface area contributed by atoms with Crippen molar-refractivity contribution >= 4 is 28.2 Å². The van der Waals surface area contributed by atoms with Gasteiger partial charge in [-0.1, -0.05) is 39.0 Å². The predicted molar refractivity (Wildman–Crippen MR) is 82.6 cm³/mol. The quantitative estimate of drug-likeness (QED) is 0.662. The molecule has 1 heterocycles. The van der Waals surface area contributed by atoms with Gasteiger partial charge in [0.2, 0.25) is 5.91 Å². The second kappa shape index (κ2) is 8.74. The molecule has 0 saturated heterocycles. The van der Waals surface area contributed by atoms with Crippen LogP contribution in [0.2, 0.25) is 0 Å². The van der Waals surface area contributed by atoms with Gasteiger partial charge in [0.15, 0.2) is 0 Å². The summed E-state index contributed by atoms with van der Waals surface area (Å²) in [5, 5.41) is 12.2. The van der Waals surface area contributed by atoms with Crippen molar-refractivity contribution in [3.8, 4) is 0 Å². The summed E-state index contributed by atoms with van der Waals surface area (Å²) in [7, 11) is 0. The van der Waals surface area contributed by atoms with Crippen LogP contribution in [0.4, 0.5) is 5.00 Å². The number of carboxylic acid groups (broad SMARTS) is 1. The summed E-state index contributed by atoms with van der Waals surface area (Å²) < 4.78 is 0. The first-order valence-corrected chi connectivity index (χ1v) is 7.99. The monoisotopic (exact) mass is 297 g/mol. The average molecular weight is 297 g/mol. The number of nitrogens with one attached hydrogen (secondary N) is 1. The molecule has 1 aromatic rings. The fourth-order valence-corrected chi connectivity index (χ4v) is 2.94. The van der Waals surface area contributed by atoms with Crippen molar-refractivity contribution in [2.75, 3.05) is 5.32 Å². The number of carbonyl (C=O) groups is 2. The van der Waals surface area contributed by atoms with Crippen LogP contribution < -0.4 is 5.32 Å². The fourth-order valence-electron chi connectivity index (χ4n) is 2.02. The smallest absolute Gasteiger partial charge is 0.338 e. The lowest BCUT2D eigenvalue weighted by Crippen LogP contribution is -2.12. The first-order valence-electron chi connectivity index (χ1n) is 7.18. The van der Waals surface area contributed by atoms with Gasteiger partial charge in [0, 0.05) is 11.3 Å². The maximum Gasteiger partial charge on any atom is 0.338 e. The van der Waals surface area contributed by atoms with E-state index in [2.05, 4.69) is 12.2 Å². The lowest BCUT2D eigenvalue weighted by atomic mass is 10.1. The van der Waals surface area contributed by atoms with E-state index < -0.39 is 5.97 Å². The van der Waals surface area contributed by atoms with Crippen molar-refractivity contribution in [1.29, 1.82) is 0 Å². The highest BCUT2D eigenvalue weighted by Crippen LogP contribution is 2.27. The molecule has 0 saturated carbocycles. The third kappa shape index (κ3) is 5.74. The van der Waals surface area contributed by atoms with Crippen molar-refractivity contribution in [2.24, 2.45) is 0 Å². The number of hydrogen-bond donors (Lipinski definition) is 2. The Hall–Kier alpha value is -1.36. The van der Waals surface area contributed by atoms with Crippen molar-refractivity contribution in [3.05, 3.63) is 16.5 Å². The van der Waals surface area contributed by atoms with E-state index in [1.165, 1.54) is 37.0 Å². The summed E-state index contributed by atoms with van der Waals surface area (Å²) in [6.07, 6.45) is 7.25. The molecule has 0 radical (unpaired) electrons. The largest absolute Gasteiger partial charge is 0.478 e. The van der Waals surface area contributed by atoms with Crippen LogP contribution in [0.3, 0.4) is 0 Å². The van der Waals surface area contributed by atoms with Crippen LogP contribution in [0.5, 0.6) is 0 Å². The second-order valence-electron chi connectivity index (χ2n) is 4.97. The first kappa shape index (κ1) is 16.7. The average Bonchev–Trinajstić information content (AvgIpc) is 2.74. The third-order valence-corrected chi connectivity index (χ3v) is 4.06. The van der Waals surface area contributed by atoms with Gasteiger partial charge < -0.3 is 10.4 Å². The van der Waals surface area contributed by atoms with Crippen LogP contribution in [0, 0.1) is 6.92 Å². The van der Waals surface area contributed by atoms with E-state index in [1.54, 1.807) is 6.07 Å². The van der Waals surface area contributed by atoms with Crippen molar-refractivity contribution in [1.82, 2.24) is 0 Å². The minimum Gasteiger partial charge on any atom is -0.478 e. The number of anilines is 1. The minimum absolute atomic E-state index is 0.0927. The molecule has 5 heteroatoms. The van der Waals surface area contributed by atoms with Crippen LogP contribution >= 0.6 is 11.3 Å². The number of carboxylic acids is 1. The maximum absolute atomic E-state index is 11.8. The molecule has 0 aromatic carbocycles. The van der Waals surface area contributed by atoms with E-state index in [9.17, 15) is 9.59 Å². The van der Waals surface area contributed by atoms with Crippen LogP contribution in [0.25, 0.3) is 0 Å². The molecular formula is C15H23NO3S. The lowest BCUT2D eigenvalue weighted by molar-refractivity contribution is -0.116. The Morgan fingerprint density at radius 2 is 1.85 bits per heavy atom. The molecule has 0 fully saturated rings. The molecule has 0 atom stereocenters. The summed E-state index contributed by atoms with van der Waals surface area (Å²) in [4.78, 5) is 23.7. The van der Waals surface area contributed by atoms with Crippen LogP contribution in [0.1, 0.15) is 67.1 Å². The molecule has 4 nitrogen and oxygen atoms in total. The molecule has 0 aliphatic carbocycles. The molecule has 112 valence electrons. The molecule has 1 rings (SSSR count). The summed E-state index contributed by atoms with van der Waals surface area (Å²) >= 11 is 1.31. The van der Waals surface area contributed by atoms with Gasteiger partial charge in [0.05, 0.1) is 5.56 Å². The molecule has 2 N–H and O–H groups in total. The molecule has 0 aliphatic heterocycles. The number of rotatable bonds is 9. The van der Waals surface area contributed by atoms with E-state index in [0.717, 1.165) is 17.7 Å². The highest BCUT2D eigenvalue weighted by Gasteiger charge is 2.15. The zero-order valence-electron chi connectivity index (χ0n) is 12.2. The van der Waals surface area contributed by atoms with Crippen molar-refractivity contribution in [2.45, 2.75) is 58.8 Å². The van der Waals surface area contributed by atoms with Gasteiger partial charge >= 0.3 is 5.97 Å². The highest BCUT2D eigenvalue weighted by molar-refractivity contribution is 7.16. The van der Waals surface area contributed by atoms with Crippen LogP contribution in [0.15, 0.2) is 6.07 Å². The number of unbranched alkanes of at least 4 members (excludes halogenated alkanes) is 5. The van der Waals surface area contributed by atoms with E-state index in [4.69, 9.17) is 5.11 Å². The Morgan fingerprint density at radius 1 is 1.20 bits per heavy atom. The van der Waals surface area contributed by atoms with E-state index in [0.29, 0.717) is 11.4 Å². The Bertz CT molecular complexity index is 454. The molecule has 1 aromatic heterocycles. The van der Waals surface area contributed by atoms with Gasteiger partial charge in [-0.3, -0.25) is 4.79 Å². The Kier molecular flexibility index (Phi) is 7.30. The number of hydrogen-bond acceptors (Lipinski definition) is 3. The van der Waals surface area contributed by atoms with E-state index in [1.807, 2.05) is 6.92 Å². The van der Waals surface area contributed by atoms with Crippen molar-refractivity contribution < 1.29 is 14.7 Å². The summed E-state index contributed by atoms with van der Waals surface area (Å²) in [6, 6.07) is 1.59. The van der Waals surface area contributed by atoms with E-state index in [-0.39, 0.29) is 11.5 Å². The number of aryl methyl sites for hydroxylation is 1. The number of thiophene rings is 1. The zero-order valence-corrected chi connectivity index (χ0v) is 13.0. The van der Waals surface area contributed by atoms with Gasteiger partial charge in [-0.25, -0.2) is 4.79 Å². The molecule has 1 amide bonds. The van der Waals surface area contributed by atoms with Crippen LogP contribution in [-0.4, -0.2) is 17.0 Å². The van der Waals surface area contributed by atoms with Crippen LogP contribution in [-0.2, 0) is 4.79 Å². The van der Waals surface area contributed by atoms with E-state index >= 15 is 0 Å². The van der Waals surface area contributed by atoms with Gasteiger partial charge in [0.1, 0.15) is 5.00 Å². The summed E-state index contributed by atoms with van der Waals surface area (Å²) in [6.45, 7) is 4.01. The zero-order chi connectivity index (χ0) is 15.0. The Morgan fingerprint density at radius 3 is 2.50 bits per heavy atom. The Labute approximate surface area is 124 Å². The second-order valence-corrected chi connectivity index (χ2v) is 6.23. The lowest BCUT2D eigenvalue weighted by Gasteiger charge is -2.04. The fraction of sp³-hybridized carbons (Fsp3) is 0.600. The summed E-state index contributed by atoms with van der Waals surface area (Å²) in [5.74, 6) is -1.09. The molecular weight excluding hydrogens is 274 g/mol.